The monoisotopic (exact) mass is 462 g/mol. The van der Waals surface area contributed by atoms with Gasteiger partial charge in [0.25, 0.3) is 0 Å². The Morgan fingerprint density at radius 1 is 1.03 bits per heavy atom. The molecule has 1 aromatic heterocycles. The maximum atomic E-state index is 13.0. The third-order valence-corrected chi connectivity index (χ3v) is 7.04. The van der Waals surface area contributed by atoms with E-state index in [1.54, 1.807) is 6.07 Å². The first-order valence-corrected chi connectivity index (χ1v) is 11.6. The van der Waals surface area contributed by atoms with E-state index in [4.69, 9.17) is 0 Å². The summed E-state index contributed by atoms with van der Waals surface area (Å²) in [7, 11) is 0. The second kappa shape index (κ2) is 9.27. The summed E-state index contributed by atoms with van der Waals surface area (Å²) in [5.41, 5.74) is 1.85. The van der Waals surface area contributed by atoms with E-state index in [1.807, 2.05) is 17.1 Å². The number of aromatic nitrogens is 2. The van der Waals surface area contributed by atoms with Gasteiger partial charge in [0, 0.05) is 57.1 Å². The zero-order chi connectivity index (χ0) is 23.0. The Bertz CT molecular complexity index is 975. The van der Waals surface area contributed by atoms with Crippen LogP contribution in [-0.4, -0.2) is 80.6 Å². The van der Waals surface area contributed by atoms with Crippen molar-refractivity contribution in [3.05, 3.63) is 47.3 Å². The fourth-order valence-corrected chi connectivity index (χ4v) is 4.85. The smallest absolute Gasteiger partial charge is 0.298 e. The Kier molecular flexibility index (Phi) is 6.37. The Morgan fingerprint density at radius 3 is 2.52 bits per heavy atom. The maximum Gasteiger partial charge on any atom is 0.433 e. The lowest BCUT2D eigenvalue weighted by atomic mass is 9.91. The van der Waals surface area contributed by atoms with Crippen LogP contribution in [0.5, 0.6) is 0 Å². The SMILES string of the molecule is ON(CN1CCc2cc(-c3nccc(C(F)(F)F)n3)ccc2C1)N1CCN(C2CCC2)CC1. The lowest BCUT2D eigenvalue weighted by Gasteiger charge is -2.45. The molecule has 1 aromatic carbocycles. The van der Waals surface area contributed by atoms with Crippen LogP contribution in [0.4, 0.5) is 13.2 Å². The molecule has 0 spiro atoms. The molecule has 178 valence electrons. The van der Waals surface area contributed by atoms with E-state index in [0.717, 1.165) is 68.6 Å². The molecule has 1 aliphatic carbocycles. The number of rotatable bonds is 5. The summed E-state index contributed by atoms with van der Waals surface area (Å²) in [5, 5.41) is 14.0. The van der Waals surface area contributed by atoms with Gasteiger partial charge in [-0.3, -0.25) is 15.0 Å². The lowest BCUT2D eigenvalue weighted by Crippen LogP contribution is -2.57. The van der Waals surface area contributed by atoms with Crippen molar-refractivity contribution in [3.8, 4) is 11.4 Å². The molecule has 3 heterocycles. The van der Waals surface area contributed by atoms with Crippen LogP contribution in [0.15, 0.2) is 30.5 Å². The van der Waals surface area contributed by atoms with Gasteiger partial charge in [0.2, 0.25) is 0 Å². The van der Waals surface area contributed by atoms with Gasteiger partial charge in [-0.15, -0.1) is 5.17 Å². The van der Waals surface area contributed by atoms with E-state index in [1.165, 1.54) is 24.4 Å². The number of fused-ring (bicyclic) bond motifs is 1. The summed E-state index contributed by atoms with van der Waals surface area (Å²) >= 11 is 0. The maximum absolute atomic E-state index is 13.0. The highest BCUT2D eigenvalue weighted by Crippen LogP contribution is 2.30. The first-order valence-electron chi connectivity index (χ1n) is 11.6. The molecule has 1 saturated carbocycles. The summed E-state index contributed by atoms with van der Waals surface area (Å²) in [5.74, 6) is 0.0811. The molecule has 0 radical (unpaired) electrons. The highest BCUT2D eigenvalue weighted by Gasteiger charge is 2.33. The third-order valence-electron chi connectivity index (χ3n) is 7.04. The number of piperazine rings is 1. The lowest BCUT2D eigenvalue weighted by molar-refractivity contribution is -0.275. The molecule has 2 aromatic rings. The van der Waals surface area contributed by atoms with Crippen LogP contribution in [-0.2, 0) is 19.1 Å². The number of nitrogens with zero attached hydrogens (tertiary/aromatic N) is 6. The summed E-state index contributed by atoms with van der Waals surface area (Å²) < 4.78 is 39.0. The van der Waals surface area contributed by atoms with E-state index >= 15 is 0 Å². The second-order valence-corrected chi connectivity index (χ2v) is 9.14. The molecule has 5 rings (SSSR count). The van der Waals surface area contributed by atoms with Crippen molar-refractivity contribution >= 4 is 0 Å². The van der Waals surface area contributed by atoms with Gasteiger partial charge < -0.3 is 0 Å². The molecule has 7 nitrogen and oxygen atoms in total. The Morgan fingerprint density at radius 2 is 1.82 bits per heavy atom. The summed E-state index contributed by atoms with van der Waals surface area (Å²) in [6.07, 6.45) is 1.35. The minimum atomic E-state index is -4.49. The van der Waals surface area contributed by atoms with Crippen molar-refractivity contribution < 1.29 is 18.4 Å². The van der Waals surface area contributed by atoms with Gasteiger partial charge in [-0.1, -0.05) is 18.6 Å². The molecule has 2 aliphatic heterocycles. The number of alkyl halides is 3. The van der Waals surface area contributed by atoms with Crippen molar-refractivity contribution in [2.24, 2.45) is 0 Å². The second-order valence-electron chi connectivity index (χ2n) is 9.14. The first kappa shape index (κ1) is 22.7. The number of halogens is 3. The molecule has 0 atom stereocenters. The molecule has 2 fully saturated rings. The average Bonchev–Trinajstić information content (AvgIpc) is 2.77. The van der Waals surface area contributed by atoms with Crippen LogP contribution in [0.3, 0.4) is 0 Å². The molecular formula is C23H29F3N6O. The van der Waals surface area contributed by atoms with Gasteiger partial charge in [-0.05, 0) is 42.5 Å². The number of hydroxylamine groups is 1. The summed E-state index contributed by atoms with van der Waals surface area (Å²) in [6.45, 7) is 5.52. The van der Waals surface area contributed by atoms with Gasteiger partial charge in [0.15, 0.2) is 5.82 Å². The Labute approximate surface area is 191 Å². The van der Waals surface area contributed by atoms with Gasteiger partial charge >= 0.3 is 6.18 Å². The Balaban J connectivity index is 1.19. The van der Waals surface area contributed by atoms with Gasteiger partial charge in [0.05, 0.1) is 6.67 Å². The van der Waals surface area contributed by atoms with Crippen LogP contribution in [0.1, 0.15) is 36.1 Å². The zero-order valence-corrected chi connectivity index (χ0v) is 18.5. The summed E-state index contributed by atoms with van der Waals surface area (Å²) in [4.78, 5) is 12.5. The zero-order valence-electron chi connectivity index (χ0n) is 18.5. The van der Waals surface area contributed by atoms with E-state index in [-0.39, 0.29) is 5.82 Å². The number of benzene rings is 1. The largest absolute Gasteiger partial charge is 0.433 e. The van der Waals surface area contributed by atoms with Crippen LogP contribution in [0.25, 0.3) is 11.4 Å². The number of hydrogen-bond donors (Lipinski definition) is 1. The van der Waals surface area contributed by atoms with E-state index in [2.05, 4.69) is 19.8 Å². The van der Waals surface area contributed by atoms with Crippen molar-refractivity contribution in [2.75, 3.05) is 39.4 Å². The highest BCUT2D eigenvalue weighted by molar-refractivity contribution is 5.58. The molecule has 0 unspecified atom stereocenters. The van der Waals surface area contributed by atoms with Crippen LogP contribution in [0, 0.1) is 0 Å². The van der Waals surface area contributed by atoms with Gasteiger partial charge in [0.1, 0.15) is 5.69 Å². The van der Waals surface area contributed by atoms with Crippen LogP contribution >= 0.6 is 0 Å². The fourth-order valence-electron chi connectivity index (χ4n) is 4.85. The first-order chi connectivity index (χ1) is 15.9. The molecule has 1 saturated heterocycles. The predicted molar refractivity (Wildman–Crippen MR) is 116 cm³/mol. The molecular weight excluding hydrogens is 433 g/mol. The normalized spacial score (nSPS) is 21.2. The van der Waals surface area contributed by atoms with E-state index < -0.39 is 11.9 Å². The predicted octanol–water partition coefficient (Wildman–Crippen LogP) is 3.25. The summed E-state index contributed by atoms with van der Waals surface area (Å²) in [6, 6.07) is 7.21. The molecule has 10 heteroatoms. The third kappa shape index (κ3) is 5.04. The van der Waals surface area contributed by atoms with E-state index in [0.29, 0.717) is 18.8 Å². The van der Waals surface area contributed by atoms with Crippen molar-refractivity contribution in [2.45, 2.75) is 44.4 Å². The molecule has 0 amide bonds. The van der Waals surface area contributed by atoms with Crippen molar-refractivity contribution in [3.63, 3.8) is 0 Å². The minimum absolute atomic E-state index is 0.0811. The molecule has 1 N–H and O–H groups in total. The van der Waals surface area contributed by atoms with Crippen LogP contribution in [0.2, 0.25) is 0 Å². The van der Waals surface area contributed by atoms with Crippen LogP contribution < -0.4 is 0 Å². The fraction of sp³-hybridized carbons (Fsp3) is 0.565. The number of hydrazine groups is 1. The van der Waals surface area contributed by atoms with Crippen molar-refractivity contribution in [1.82, 2.24) is 29.9 Å². The topological polar surface area (TPSA) is 59.0 Å². The standard InChI is InChI=1S/C23H29F3N6O/c24-23(25,26)21-6-8-27-22(28-21)18-4-5-19-15-29(9-7-17(19)14-18)16-32(33)31-12-10-30(11-13-31)20-2-1-3-20/h4-6,8,14,20,33H,1-3,7,9-13,15-16H2. The van der Waals surface area contributed by atoms with Gasteiger partial charge in [-0.2, -0.15) is 13.2 Å². The average molecular weight is 463 g/mol. The van der Waals surface area contributed by atoms with Gasteiger partial charge in [-0.25, -0.2) is 15.0 Å². The van der Waals surface area contributed by atoms with Crippen molar-refractivity contribution in [1.29, 1.82) is 0 Å². The highest BCUT2D eigenvalue weighted by atomic mass is 19.4. The van der Waals surface area contributed by atoms with E-state index in [9.17, 15) is 18.4 Å². The Hall–Kier alpha value is -2.11. The number of hydrogen-bond acceptors (Lipinski definition) is 7. The molecule has 3 aliphatic rings. The minimum Gasteiger partial charge on any atom is -0.298 e. The molecule has 33 heavy (non-hydrogen) atoms. The quantitative estimate of drug-likeness (QED) is 0.685. The molecule has 0 bridgehead atoms.